The second-order valence-corrected chi connectivity index (χ2v) is 12.7. The number of aryl methyl sites for hydroxylation is 6. The number of allylic oxidation sites excluding steroid dienone is 4. The number of hydrogen-bond donors (Lipinski definition) is 0. The van der Waals surface area contributed by atoms with Crippen LogP contribution in [-0.4, -0.2) is 19.1 Å². The van der Waals surface area contributed by atoms with Crippen molar-refractivity contribution in [3.05, 3.63) is 69.3 Å². The Hall–Kier alpha value is -4.42. The smallest absolute Gasteiger partial charge is 0.0693 e. The summed E-state index contributed by atoms with van der Waals surface area (Å²) in [5, 5.41) is 19.5. The summed E-state index contributed by atoms with van der Waals surface area (Å²) in [5.74, 6) is 0. The van der Waals surface area contributed by atoms with Crippen molar-refractivity contribution in [1.29, 1.82) is 10.5 Å². The van der Waals surface area contributed by atoms with Crippen molar-refractivity contribution in [1.82, 2.24) is 19.1 Å². The van der Waals surface area contributed by atoms with Crippen LogP contribution in [-0.2, 0) is 38.8 Å². The molecule has 0 aromatic carbocycles. The highest BCUT2D eigenvalue weighted by Gasteiger charge is 2.24. The predicted molar refractivity (Wildman–Crippen MR) is 201 cm³/mol. The first-order valence-electron chi connectivity index (χ1n) is 18.4. The van der Waals surface area contributed by atoms with Gasteiger partial charge in [-0.15, -0.1) is 0 Å². The van der Waals surface area contributed by atoms with E-state index in [4.69, 9.17) is 9.97 Å². The van der Waals surface area contributed by atoms with E-state index in [0.717, 1.165) is 74.1 Å². The second kappa shape index (κ2) is 15.2. The summed E-state index contributed by atoms with van der Waals surface area (Å²) in [6.07, 6.45) is 8.06. The zero-order valence-electron chi connectivity index (χ0n) is 30.5. The fourth-order valence-electron chi connectivity index (χ4n) is 8.29. The van der Waals surface area contributed by atoms with Gasteiger partial charge in [-0.05, 0) is 120 Å². The Morgan fingerprint density at radius 2 is 0.688 bits per heavy atom. The Bertz CT molecular complexity index is 1770. The lowest BCUT2D eigenvalue weighted by Gasteiger charge is -2.08. The molecule has 0 saturated heterocycles. The van der Waals surface area contributed by atoms with Crippen LogP contribution in [0.4, 0.5) is 0 Å². The lowest BCUT2D eigenvalue weighted by molar-refractivity contribution is 0.763. The Morgan fingerprint density at radius 3 is 0.875 bits per heavy atom. The zero-order valence-corrected chi connectivity index (χ0v) is 30.5. The molecule has 2 aliphatic rings. The van der Waals surface area contributed by atoms with E-state index in [1.807, 2.05) is 0 Å². The average Bonchev–Trinajstić information content (AvgIpc) is 3.79. The normalized spacial score (nSPS) is 13.0. The molecule has 3 aromatic rings. The molecule has 250 valence electrons. The Labute approximate surface area is 287 Å². The van der Waals surface area contributed by atoms with Crippen LogP contribution in [0.3, 0.4) is 0 Å². The zero-order chi connectivity index (χ0) is 34.5. The van der Waals surface area contributed by atoms with Crippen LogP contribution in [0, 0.1) is 22.7 Å². The average molecular weight is 641 g/mol. The second-order valence-electron chi connectivity index (χ2n) is 12.7. The fourth-order valence-corrected chi connectivity index (χ4v) is 8.29. The SMILES string of the molecule is CCC1=C(CC)c2cc3c(CC)c(CC)c(cc4nc(cc5c(CC)c(CC)c(cc1n2)n5CCC#N)C(CC)=C4CC)n3CCC#N. The summed E-state index contributed by atoms with van der Waals surface area (Å²) in [6, 6.07) is 14.1. The molecular formula is C42H52N6. The minimum Gasteiger partial charge on any atom is -0.340 e. The Kier molecular flexibility index (Phi) is 11.1. The van der Waals surface area contributed by atoms with Gasteiger partial charge in [0.1, 0.15) is 0 Å². The van der Waals surface area contributed by atoms with Crippen LogP contribution >= 0.6 is 0 Å². The van der Waals surface area contributed by atoms with Crippen LogP contribution < -0.4 is 0 Å². The van der Waals surface area contributed by atoms with Crippen molar-refractivity contribution >= 4 is 44.4 Å². The first-order valence-corrected chi connectivity index (χ1v) is 18.4. The maximum absolute atomic E-state index is 9.75. The topological polar surface area (TPSA) is 83.2 Å². The molecule has 0 amide bonds. The molecule has 5 heterocycles. The van der Waals surface area contributed by atoms with E-state index in [0.29, 0.717) is 25.9 Å². The number of fused-ring (bicyclic) bond motifs is 8. The molecule has 0 saturated carbocycles. The highest BCUT2D eigenvalue weighted by molar-refractivity contribution is 5.96. The summed E-state index contributed by atoms with van der Waals surface area (Å²) in [4.78, 5) is 10.8. The van der Waals surface area contributed by atoms with Gasteiger partial charge in [0, 0.05) is 35.2 Å². The van der Waals surface area contributed by atoms with E-state index in [2.05, 4.69) is 101 Å². The number of nitriles is 2. The van der Waals surface area contributed by atoms with Gasteiger partial charge >= 0.3 is 0 Å². The first-order chi connectivity index (χ1) is 23.4. The van der Waals surface area contributed by atoms with Crippen LogP contribution in [0.2, 0.25) is 0 Å². The lowest BCUT2D eigenvalue weighted by atomic mass is 9.98. The Balaban J connectivity index is 2.14. The first kappa shape index (κ1) is 34.9. The largest absolute Gasteiger partial charge is 0.340 e. The molecule has 6 heteroatoms. The number of aromatic nitrogens is 4. The van der Waals surface area contributed by atoms with E-state index in [1.54, 1.807) is 0 Å². The molecule has 0 N–H and O–H groups in total. The molecule has 6 nitrogen and oxygen atoms in total. The predicted octanol–water partition coefficient (Wildman–Crippen LogP) is 10.8. The van der Waals surface area contributed by atoms with Crippen molar-refractivity contribution in [2.75, 3.05) is 0 Å². The number of hydrogen-bond acceptors (Lipinski definition) is 4. The van der Waals surface area contributed by atoms with Crippen molar-refractivity contribution in [3.63, 3.8) is 0 Å². The Morgan fingerprint density at radius 1 is 0.438 bits per heavy atom. The maximum Gasteiger partial charge on any atom is 0.0693 e. The highest BCUT2D eigenvalue weighted by atomic mass is 15.0. The van der Waals surface area contributed by atoms with Gasteiger partial charge in [0.15, 0.2) is 0 Å². The van der Waals surface area contributed by atoms with E-state index in [9.17, 15) is 10.5 Å². The van der Waals surface area contributed by atoms with Gasteiger partial charge in [0.05, 0.1) is 47.8 Å². The van der Waals surface area contributed by atoms with Gasteiger partial charge in [-0.2, -0.15) is 10.5 Å². The number of nitrogens with zero attached hydrogens (tertiary/aromatic N) is 6. The van der Waals surface area contributed by atoms with Crippen molar-refractivity contribution in [2.45, 2.75) is 133 Å². The van der Waals surface area contributed by atoms with Crippen LogP contribution in [0.25, 0.3) is 44.4 Å². The molecule has 3 aromatic heterocycles. The summed E-state index contributed by atoms with van der Waals surface area (Å²) < 4.78 is 4.75. The van der Waals surface area contributed by atoms with Gasteiger partial charge < -0.3 is 9.13 Å². The molecular weight excluding hydrogens is 589 g/mol. The van der Waals surface area contributed by atoms with Crippen LogP contribution in [0.15, 0.2) is 24.3 Å². The van der Waals surface area contributed by atoms with Crippen molar-refractivity contribution in [2.24, 2.45) is 0 Å². The molecule has 8 bridgehead atoms. The van der Waals surface area contributed by atoms with Crippen molar-refractivity contribution in [3.8, 4) is 12.1 Å². The van der Waals surface area contributed by atoms with E-state index in [-0.39, 0.29) is 0 Å². The monoisotopic (exact) mass is 640 g/mol. The molecule has 48 heavy (non-hydrogen) atoms. The third kappa shape index (κ3) is 5.92. The van der Waals surface area contributed by atoms with Gasteiger partial charge in [0.25, 0.3) is 0 Å². The maximum atomic E-state index is 9.75. The molecule has 0 aliphatic carbocycles. The van der Waals surface area contributed by atoms with Gasteiger partial charge in [-0.3, -0.25) is 0 Å². The van der Waals surface area contributed by atoms with Crippen LogP contribution in [0.5, 0.6) is 0 Å². The quantitative estimate of drug-likeness (QED) is 0.197. The minimum atomic E-state index is 0.436. The molecule has 0 spiro atoms. The van der Waals surface area contributed by atoms with Gasteiger partial charge in [-0.25, -0.2) is 9.97 Å². The standard InChI is InChI=1S/C42H52N6/c1-9-27-28(10-2)36-24-40-33(15-7)34(16-8)42(48(40)22-18-20-44)26-38-30(12-4)29(11-3)37(46-38)25-41-32(14-6)31(13-5)39(23-35(27)45-36)47(41)21-17-19-43/h23-26H,9-18,21-22H2,1-8H3. The lowest BCUT2D eigenvalue weighted by Crippen LogP contribution is -1.98. The summed E-state index contributed by atoms with van der Waals surface area (Å²) >= 11 is 0. The minimum absolute atomic E-state index is 0.436. The van der Waals surface area contributed by atoms with Crippen LogP contribution in [0.1, 0.15) is 139 Å². The van der Waals surface area contributed by atoms with E-state index >= 15 is 0 Å². The highest BCUT2D eigenvalue weighted by Crippen LogP contribution is 2.40. The molecule has 0 unspecified atom stereocenters. The molecule has 0 atom stereocenters. The molecule has 2 aliphatic heterocycles. The van der Waals surface area contributed by atoms with E-state index in [1.165, 1.54) is 66.6 Å². The van der Waals surface area contributed by atoms with Gasteiger partial charge in [0.2, 0.25) is 0 Å². The van der Waals surface area contributed by atoms with Crippen molar-refractivity contribution < 1.29 is 0 Å². The van der Waals surface area contributed by atoms with E-state index < -0.39 is 0 Å². The van der Waals surface area contributed by atoms with Gasteiger partial charge in [-0.1, -0.05) is 55.4 Å². The molecule has 0 fully saturated rings. The number of rotatable bonds is 12. The summed E-state index contributed by atoms with van der Waals surface area (Å²) in [6.45, 7) is 19.2. The summed E-state index contributed by atoms with van der Waals surface area (Å²) in [5.41, 5.74) is 19.3. The third-order valence-corrected chi connectivity index (χ3v) is 10.4. The molecule has 0 radical (unpaired) electrons. The summed E-state index contributed by atoms with van der Waals surface area (Å²) in [7, 11) is 0. The third-order valence-electron chi connectivity index (χ3n) is 10.4. The molecule has 5 rings (SSSR count). The fraction of sp³-hybridized carbons (Fsp3) is 0.476.